The fourth-order valence-electron chi connectivity index (χ4n) is 3.15. The Balaban J connectivity index is 1.69. The Hall–Kier alpha value is -2.35. The number of carbonyl (C=O) groups is 1. The number of fused-ring (bicyclic) bond motifs is 1. The Morgan fingerprint density at radius 1 is 1.31 bits per heavy atom. The number of methoxy groups -OCH3 is 1. The average Bonchev–Trinajstić information content (AvgIpc) is 2.63. The minimum absolute atomic E-state index is 0.0947. The standard InChI is InChI=1S/C18H23N3O4S/c1-21(18(22)20-14-7-10-26(23,24)11-8-14)12-13-5-6-16(25-2)17-15(13)4-3-9-19-17/h3-6,9,14H,7-8,10-12H2,1-2H3,(H,20,22). The minimum atomic E-state index is -2.93. The van der Waals surface area contributed by atoms with E-state index in [4.69, 9.17) is 4.74 Å². The van der Waals surface area contributed by atoms with Crippen LogP contribution in [0, 0.1) is 0 Å². The first kappa shape index (κ1) is 18.4. The molecule has 3 rings (SSSR count). The van der Waals surface area contributed by atoms with Crippen molar-refractivity contribution in [2.75, 3.05) is 25.7 Å². The van der Waals surface area contributed by atoms with Crippen molar-refractivity contribution in [1.82, 2.24) is 15.2 Å². The van der Waals surface area contributed by atoms with E-state index in [1.807, 2.05) is 24.3 Å². The molecule has 0 unspecified atom stereocenters. The average molecular weight is 377 g/mol. The summed E-state index contributed by atoms with van der Waals surface area (Å²) < 4.78 is 28.3. The van der Waals surface area contributed by atoms with Gasteiger partial charge in [0.1, 0.15) is 21.1 Å². The Kier molecular flexibility index (Phi) is 5.31. The van der Waals surface area contributed by atoms with Gasteiger partial charge in [0.15, 0.2) is 0 Å². The third kappa shape index (κ3) is 4.07. The van der Waals surface area contributed by atoms with Gasteiger partial charge in [0.25, 0.3) is 0 Å². The molecule has 0 aliphatic carbocycles. The summed E-state index contributed by atoms with van der Waals surface area (Å²) in [5.74, 6) is 0.965. The van der Waals surface area contributed by atoms with Crippen molar-refractivity contribution in [3.63, 3.8) is 0 Å². The van der Waals surface area contributed by atoms with E-state index in [1.165, 1.54) is 0 Å². The van der Waals surface area contributed by atoms with E-state index >= 15 is 0 Å². The zero-order valence-electron chi connectivity index (χ0n) is 14.9. The Morgan fingerprint density at radius 2 is 2.04 bits per heavy atom. The lowest BCUT2D eigenvalue weighted by Crippen LogP contribution is -2.46. The number of pyridine rings is 1. The van der Waals surface area contributed by atoms with Crippen LogP contribution >= 0.6 is 0 Å². The number of urea groups is 1. The lowest BCUT2D eigenvalue weighted by molar-refractivity contribution is 0.201. The van der Waals surface area contributed by atoms with Crippen LogP contribution in [0.2, 0.25) is 0 Å². The Bertz CT molecular complexity index is 900. The van der Waals surface area contributed by atoms with Crippen LogP contribution < -0.4 is 10.1 Å². The van der Waals surface area contributed by atoms with Crippen LogP contribution in [0.4, 0.5) is 4.79 Å². The molecule has 140 valence electrons. The summed E-state index contributed by atoms with van der Waals surface area (Å²) in [6, 6.07) is 7.29. The van der Waals surface area contributed by atoms with E-state index in [-0.39, 0.29) is 23.6 Å². The molecular weight excluding hydrogens is 354 g/mol. The number of hydrogen-bond acceptors (Lipinski definition) is 5. The van der Waals surface area contributed by atoms with Crippen LogP contribution in [0.5, 0.6) is 5.75 Å². The summed E-state index contributed by atoms with van der Waals surface area (Å²) in [5.41, 5.74) is 1.73. The van der Waals surface area contributed by atoms with Crippen molar-refractivity contribution in [1.29, 1.82) is 0 Å². The van der Waals surface area contributed by atoms with Crippen molar-refractivity contribution in [2.24, 2.45) is 0 Å². The molecule has 1 aromatic carbocycles. The highest BCUT2D eigenvalue weighted by atomic mass is 32.2. The summed E-state index contributed by atoms with van der Waals surface area (Å²) in [5, 5.41) is 3.87. The van der Waals surface area contributed by atoms with Crippen molar-refractivity contribution in [3.05, 3.63) is 36.0 Å². The molecule has 1 aromatic heterocycles. The first-order valence-electron chi connectivity index (χ1n) is 8.52. The quantitative estimate of drug-likeness (QED) is 0.880. The molecular formula is C18H23N3O4S. The molecule has 2 aromatic rings. The van der Waals surface area contributed by atoms with Crippen molar-refractivity contribution < 1.29 is 17.9 Å². The van der Waals surface area contributed by atoms with Crippen LogP contribution in [0.3, 0.4) is 0 Å². The third-order valence-electron chi connectivity index (χ3n) is 4.68. The van der Waals surface area contributed by atoms with Crippen molar-refractivity contribution in [3.8, 4) is 5.75 Å². The molecule has 2 heterocycles. The van der Waals surface area contributed by atoms with Gasteiger partial charge in [-0.1, -0.05) is 12.1 Å². The maximum atomic E-state index is 12.5. The summed E-state index contributed by atoms with van der Waals surface area (Å²) in [6.07, 6.45) is 2.65. The molecule has 0 saturated carbocycles. The Morgan fingerprint density at radius 3 is 2.73 bits per heavy atom. The molecule has 1 aliphatic heterocycles. The number of rotatable bonds is 4. The maximum Gasteiger partial charge on any atom is 0.317 e. The predicted molar refractivity (Wildman–Crippen MR) is 100.0 cm³/mol. The number of hydrogen-bond donors (Lipinski definition) is 1. The van der Waals surface area contributed by atoms with Gasteiger partial charge in [-0.15, -0.1) is 0 Å². The topological polar surface area (TPSA) is 88.6 Å². The van der Waals surface area contributed by atoms with Gasteiger partial charge >= 0.3 is 6.03 Å². The first-order chi connectivity index (χ1) is 12.4. The Labute approximate surface area is 153 Å². The normalized spacial score (nSPS) is 17.0. The SMILES string of the molecule is COc1ccc(CN(C)C(=O)NC2CCS(=O)(=O)CC2)c2cccnc12. The van der Waals surface area contributed by atoms with E-state index in [2.05, 4.69) is 10.3 Å². The molecule has 1 N–H and O–H groups in total. The molecule has 0 spiro atoms. The fraction of sp³-hybridized carbons (Fsp3) is 0.444. The van der Waals surface area contributed by atoms with Crippen LogP contribution in [-0.2, 0) is 16.4 Å². The monoisotopic (exact) mass is 377 g/mol. The molecule has 8 heteroatoms. The number of benzene rings is 1. The van der Waals surface area contributed by atoms with Crippen LogP contribution in [-0.4, -0.2) is 56.0 Å². The molecule has 1 aliphatic rings. The molecule has 0 radical (unpaired) electrons. The third-order valence-corrected chi connectivity index (χ3v) is 6.39. The second-order valence-electron chi connectivity index (χ2n) is 6.56. The largest absolute Gasteiger partial charge is 0.494 e. The molecule has 7 nitrogen and oxygen atoms in total. The molecule has 1 saturated heterocycles. The number of aromatic nitrogens is 1. The highest BCUT2D eigenvalue weighted by Gasteiger charge is 2.25. The number of carbonyl (C=O) groups excluding carboxylic acids is 1. The lowest BCUT2D eigenvalue weighted by Gasteiger charge is -2.26. The van der Waals surface area contributed by atoms with E-state index in [0.29, 0.717) is 25.1 Å². The van der Waals surface area contributed by atoms with Crippen molar-refractivity contribution >= 4 is 26.8 Å². The maximum absolute atomic E-state index is 12.5. The summed E-state index contributed by atoms with van der Waals surface area (Å²) >= 11 is 0. The zero-order chi connectivity index (χ0) is 18.7. The fourth-order valence-corrected chi connectivity index (χ4v) is 4.65. The van der Waals surface area contributed by atoms with E-state index in [1.54, 1.807) is 25.3 Å². The summed E-state index contributed by atoms with van der Waals surface area (Å²) in [6.45, 7) is 0.420. The molecule has 0 bridgehead atoms. The van der Waals surface area contributed by atoms with E-state index in [9.17, 15) is 13.2 Å². The van der Waals surface area contributed by atoms with Crippen LogP contribution in [0.1, 0.15) is 18.4 Å². The molecule has 2 amide bonds. The van der Waals surface area contributed by atoms with Crippen molar-refractivity contribution in [2.45, 2.75) is 25.4 Å². The number of ether oxygens (including phenoxy) is 1. The minimum Gasteiger partial charge on any atom is -0.494 e. The lowest BCUT2D eigenvalue weighted by atomic mass is 10.1. The number of nitrogens with one attached hydrogen (secondary N) is 1. The number of sulfone groups is 1. The second-order valence-corrected chi connectivity index (χ2v) is 8.86. The van der Waals surface area contributed by atoms with Gasteiger partial charge in [0.05, 0.1) is 18.6 Å². The highest BCUT2D eigenvalue weighted by Crippen LogP contribution is 2.27. The van der Waals surface area contributed by atoms with Gasteiger partial charge in [-0.3, -0.25) is 4.98 Å². The van der Waals surface area contributed by atoms with E-state index < -0.39 is 9.84 Å². The van der Waals surface area contributed by atoms with Crippen LogP contribution in [0.25, 0.3) is 10.9 Å². The molecule has 0 atom stereocenters. The van der Waals surface area contributed by atoms with E-state index in [0.717, 1.165) is 16.5 Å². The number of amides is 2. The number of nitrogens with zero attached hydrogens (tertiary/aromatic N) is 2. The predicted octanol–water partition coefficient (Wildman–Crippen LogP) is 1.96. The van der Waals surface area contributed by atoms with Gasteiger partial charge < -0.3 is 15.0 Å². The highest BCUT2D eigenvalue weighted by molar-refractivity contribution is 7.91. The first-order valence-corrected chi connectivity index (χ1v) is 10.3. The van der Waals surface area contributed by atoms with Crippen LogP contribution in [0.15, 0.2) is 30.5 Å². The smallest absolute Gasteiger partial charge is 0.317 e. The van der Waals surface area contributed by atoms with Gasteiger partial charge in [-0.25, -0.2) is 13.2 Å². The zero-order valence-corrected chi connectivity index (χ0v) is 15.8. The van der Waals surface area contributed by atoms with Gasteiger partial charge in [0.2, 0.25) is 0 Å². The second kappa shape index (κ2) is 7.49. The molecule has 1 fully saturated rings. The van der Waals surface area contributed by atoms with Gasteiger partial charge in [-0.2, -0.15) is 0 Å². The van der Waals surface area contributed by atoms with Gasteiger partial charge in [0, 0.05) is 31.2 Å². The summed E-state index contributed by atoms with van der Waals surface area (Å²) in [7, 11) is 0.393. The molecule has 26 heavy (non-hydrogen) atoms. The van der Waals surface area contributed by atoms with Gasteiger partial charge in [-0.05, 0) is 30.5 Å². The summed E-state index contributed by atoms with van der Waals surface area (Å²) in [4.78, 5) is 18.4.